The standard InChI is InChI=1S/C13H7N3O2S/c17-13-16-12(8-4-1-2-5-9(8)18-13)14-11(15-16)10-6-3-7-19-10/h1-7H. The smallest absolute Gasteiger partial charge is 0.408 e. The van der Waals surface area contributed by atoms with Gasteiger partial charge in [-0.25, -0.2) is 9.78 Å². The van der Waals surface area contributed by atoms with E-state index in [4.69, 9.17) is 4.42 Å². The number of aromatic nitrogens is 3. The van der Waals surface area contributed by atoms with Crippen LogP contribution in [0.2, 0.25) is 0 Å². The number of fused-ring (bicyclic) bond motifs is 3. The first-order chi connectivity index (χ1) is 9.33. The highest BCUT2D eigenvalue weighted by atomic mass is 32.1. The van der Waals surface area contributed by atoms with E-state index in [0.717, 1.165) is 10.3 Å². The number of nitrogens with zero attached hydrogens (tertiary/aromatic N) is 3. The Morgan fingerprint density at radius 2 is 2.05 bits per heavy atom. The number of para-hydroxylation sites is 1. The number of rotatable bonds is 1. The second-order valence-corrected chi connectivity index (χ2v) is 4.96. The predicted octanol–water partition coefficient (Wildman–Crippen LogP) is 2.56. The quantitative estimate of drug-likeness (QED) is 0.533. The molecule has 19 heavy (non-hydrogen) atoms. The Morgan fingerprint density at radius 1 is 1.16 bits per heavy atom. The molecule has 5 nitrogen and oxygen atoms in total. The molecule has 0 aliphatic rings. The van der Waals surface area contributed by atoms with Crippen LogP contribution in [0.25, 0.3) is 27.3 Å². The van der Waals surface area contributed by atoms with Crippen LogP contribution in [0.4, 0.5) is 0 Å². The van der Waals surface area contributed by atoms with Crippen molar-refractivity contribution in [3.8, 4) is 10.7 Å². The van der Waals surface area contributed by atoms with Crippen molar-refractivity contribution in [2.45, 2.75) is 0 Å². The molecule has 4 rings (SSSR count). The molecule has 0 atom stereocenters. The van der Waals surface area contributed by atoms with Gasteiger partial charge in [0.2, 0.25) is 0 Å². The molecule has 1 aromatic carbocycles. The third kappa shape index (κ3) is 1.50. The maximum atomic E-state index is 11.9. The highest BCUT2D eigenvalue weighted by Gasteiger charge is 2.13. The molecule has 3 heterocycles. The number of hydrogen-bond donors (Lipinski definition) is 0. The average Bonchev–Trinajstić information content (AvgIpc) is 3.08. The summed E-state index contributed by atoms with van der Waals surface area (Å²) in [5, 5.41) is 6.94. The molecule has 3 aromatic heterocycles. The average molecular weight is 269 g/mol. The van der Waals surface area contributed by atoms with Gasteiger partial charge in [0.15, 0.2) is 11.5 Å². The van der Waals surface area contributed by atoms with Gasteiger partial charge in [0.05, 0.1) is 10.3 Å². The summed E-state index contributed by atoms with van der Waals surface area (Å²) >= 11 is 1.53. The highest BCUT2D eigenvalue weighted by molar-refractivity contribution is 7.13. The summed E-state index contributed by atoms with van der Waals surface area (Å²) in [5.74, 6) is 0.0164. The molecule has 0 aliphatic carbocycles. The van der Waals surface area contributed by atoms with Crippen LogP contribution in [-0.2, 0) is 0 Å². The first-order valence-electron chi connectivity index (χ1n) is 5.65. The van der Waals surface area contributed by atoms with Gasteiger partial charge in [-0.3, -0.25) is 0 Å². The molecule has 0 aliphatic heterocycles. The summed E-state index contributed by atoms with van der Waals surface area (Å²) in [4.78, 5) is 17.2. The van der Waals surface area contributed by atoms with Crippen LogP contribution < -0.4 is 5.76 Å². The monoisotopic (exact) mass is 269 g/mol. The lowest BCUT2D eigenvalue weighted by atomic mass is 10.2. The van der Waals surface area contributed by atoms with Crippen LogP contribution >= 0.6 is 11.3 Å². The molecule has 0 spiro atoms. The Bertz CT molecular complexity index is 937. The lowest BCUT2D eigenvalue weighted by molar-refractivity contribution is 0.507. The Kier molecular flexibility index (Phi) is 2.07. The lowest BCUT2D eigenvalue weighted by Gasteiger charge is -1.95. The molecular formula is C13H7N3O2S. The van der Waals surface area contributed by atoms with E-state index in [1.54, 1.807) is 6.07 Å². The zero-order valence-electron chi connectivity index (χ0n) is 9.61. The van der Waals surface area contributed by atoms with Crippen LogP contribution in [0.15, 0.2) is 51.0 Å². The van der Waals surface area contributed by atoms with Crippen molar-refractivity contribution in [2.75, 3.05) is 0 Å². The molecule has 0 radical (unpaired) electrons. The van der Waals surface area contributed by atoms with Crippen LogP contribution in [0, 0.1) is 0 Å². The molecule has 0 fully saturated rings. The first kappa shape index (κ1) is 10.5. The van der Waals surface area contributed by atoms with Gasteiger partial charge in [-0.15, -0.1) is 21.0 Å². The SMILES string of the molecule is O=c1oc2ccccc2c2nc(-c3cccs3)nn12. The molecule has 6 heteroatoms. The predicted molar refractivity (Wildman–Crippen MR) is 72.3 cm³/mol. The van der Waals surface area contributed by atoms with E-state index < -0.39 is 5.76 Å². The van der Waals surface area contributed by atoms with Crippen LogP contribution in [0.1, 0.15) is 0 Å². The summed E-state index contributed by atoms with van der Waals surface area (Å²) in [6, 6.07) is 11.1. The summed E-state index contributed by atoms with van der Waals surface area (Å²) in [7, 11) is 0. The van der Waals surface area contributed by atoms with Crippen LogP contribution in [-0.4, -0.2) is 14.6 Å². The summed E-state index contributed by atoms with van der Waals surface area (Å²) in [6.45, 7) is 0. The molecule has 0 saturated heterocycles. The fourth-order valence-electron chi connectivity index (χ4n) is 2.00. The van der Waals surface area contributed by atoms with Crippen molar-refractivity contribution in [2.24, 2.45) is 0 Å². The van der Waals surface area contributed by atoms with E-state index >= 15 is 0 Å². The van der Waals surface area contributed by atoms with Crippen molar-refractivity contribution < 1.29 is 4.42 Å². The topological polar surface area (TPSA) is 60.4 Å². The van der Waals surface area contributed by atoms with Gasteiger partial charge < -0.3 is 4.42 Å². The second-order valence-electron chi connectivity index (χ2n) is 4.01. The Hall–Kier alpha value is -2.47. The zero-order chi connectivity index (χ0) is 12.8. The maximum Gasteiger partial charge on any atom is 0.442 e. The van der Waals surface area contributed by atoms with Gasteiger partial charge in [0.25, 0.3) is 0 Å². The van der Waals surface area contributed by atoms with Gasteiger partial charge in [-0.05, 0) is 23.6 Å². The van der Waals surface area contributed by atoms with Gasteiger partial charge in [-0.2, -0.15) is 0 Å². The molecule has 92 valence electrons. The molecule has 0 saturated carbocycles. The number of hydrogen-bond acceptors (Lipinski definition) is 5. The van der Waals surface area contributed by atoms with E-state index in [9.17, 15) is 4.79 Å². The second kappa shape index (κ2) is 3.76. The van der Waals surface area contributed by atoms with Crippen molar-refractivity contribution in [1.82, 2.24) is 14.6 Å². The zero-order valence-corrected chi connectivity index (χ0v) is 10.4. The third-order valence-electron chi connectivity index (χ3n) is 2.85. The lowest BCUT2D eigenvalue weighted by Crippen LogP contribution is -2.12. The molecule has 4 aromatic rings. The Morgan fingerprint density at radius 3 is 2.89 bits per heavy atom. The molecule has 0 amide bonds. The molecular weight excluding hydrogens is 262 g/mol. The van der Waals surface area contributed by atoms with Gasteiger partial charge in [-0.1, -0.05) is 18.2 Å². The Balaban J connectivity index is 2.16. The van der Waals surface area contributed by atoms with E-state index in [1.165, 1.54) is 15.9 Å². The largest absolute Gasteiger partial charge is 0.442 e. The number of thiophene rings is 1. The fraction of sp³-hybridized carbons (Fsp3) is 0. The van der Waals surface area contributed by atoms with Crippen molar-refractivity contribution in [3.05, 3.63) is 52.3 Å². The molecule has 0 bridgehead atoms. The van der Waals surface area contributed by atoms with Crippen molar-refractivity contribution >= 4 is 28.0 Å². The normalized spacial score (nSPS) is 11.4. The first-order valence-corrected chi connectivity index (χ1v) is 6.53. The Labute approximate surface area is 110 Å². The summed E-state index contributed by atoms with van der Waals surface area (Å²) in [5.41, 5.74) is 1.04. The van der Waals surface area contributed by atoms with E-state index in [-0.39, 0.29) is 0 Å². The molecule has 0 N–H and O–H groups in total. The third-order valence-corrected chi connectivity index (χ3v) is 3.71. The van der Waals surface area contributed by atoms with Crippen molar-refractivity contribution in [3.63, 3.8) is 0 Å². The maximum absolute atomic E-state index is 11.9. The number of benzene rings is 1. The summed E-state index contributed by atoms with van der Waals surface area (Å²) in [6.07, 6.45) is 0. The van der Waals surface area contributed by atoms with Crippen LogP contribution in [0.3, 0.4) is 0 Å². The minimum Gasteiger partial charge on any atom is -0.408 e. The highest BCUT2D eigenvalue weighted by Crippen LogP contribution is 2.23. The molecule has 0 unspecified atom stereocenters. The van der Waals surface area contributed by atoms with Gasteiger partial charge in [0.1, 0.15) is 5.58 Å². The van der Waals surface area contributed by atoms with Gasteiger partial charge >= 0.3 is 5.76 Å². The van der Waals surface area contributed by atoms with Gasteiger partial charge in [0, 0.05) is 0 Å². The van der Waals surface area contributed by atoms with Crippen LogP contribution in [0.5, 0.6) is 0 Å². The van der Waals surface area contributed by atoms with E-state index in [0.29, 0.717) is 17.1 Å². The fourth-order valence-corrected chi connectivity index (χ4v) is 2.65. The minimum absolute atomic E-state index is 0.519. The van der Waals surface area contributed by atoms with E-state index in [1.807, 2.05) is 35.7 Å². The summed E-state index contributed by atoms with van der Waals surface area (Å²) < 4.78 is 6.42. The van der Waals surface area contributed by atoms with Crippen molar-refractivity contribution in [1.29, 1.82) is 0 Å². The minimum atomic E-state index is -0.524. The van der Waals surface area contributed by atoms with E-state index in [2.05, 4.69) is 10.1 Å².